The summed E-state index contributed by atoms with van der Waals surface area (Å²) >= 11 is 0. The highest BCUT2D eigenvalue weighted by Crippen LogP contribution is 2.40. The summed E-state index contributed by atoms with van der Waals surface area (Å²) in [5.74, 6) is 0.851. The Hall–Kier alpha value is -2.17. The predicted molar refractivity (Wildman–Crippen MR) is 85.8 cm³/mol. The normalized spacial score (nSPS) is 12.3. The second-order valence-electron chi connectivity index (χ2n) is 6.55. The molecule has 0 unspecified atom stereocenters. The van der Waals surface area contributed by atoms with Crippen LogP contribution in [-0.2, 0) is 11.6 Å². The van der Waals surface area contributed by atoms with Crippen LogP contribution in [0.4, 0.5) is 18.9 Å². The van der Waals surface area contributed by atoms with Crippen LogP contribution >= 0.6 is 0 Å². The SMILES string of the molecule is Cc1cccc(C(C)(C)C)c1Oc1ccc(C(F)(F)F)cc1N. The molecule has 0 aliphatic heterocycles. The minimum Gasteiger partial charge on any atom is -0.455 e. The van der Waals surface area contributed by atoms with Crippen molar-refractivity contribution in [1.82, 2.24) is 0 Å². The summed E-state index contributed by atoms with van der Waals surface area (Å²) in [7, 11) is 0. The van der Waals surface area contributed by atoms with Gasteiger partial charge < -0.3 is 10.5 Å². The number of nitrogens with two attached hydrogens (primary N) is 1. The summed E-state index contributed by atoms with van der Waals surface area (Å²) in [5, 5.41) is 0. The van der Waals surface area contributed by atoms with Crippen LogP contribution in [0.15, 0.2) is 36.4 Å². The number of para-hydroxylation sites is 1. The van der Waals surface area contributed by atoms with Gasteiger partial charge in [0, 0.05) is 5.56 Å². The zero-order valence-electron chi connectivity index (χ0n) is 13.6. The molecule has 0 fully saturated rings. The molecular formula is C18H20F3NO. The maximum atomic E-state index is 12.7. The molecule has 0 amide bonds. The summed E-state index contributed by atoms with van der Waals surface area (Å²) in [6.07, 6.45) is -4.42. The first-order valence-corrected chi connectivity index (χ1v) is 7.25. The molecule has 2 rings (SSSR count). The van der Waals surface area contributed by atoms with E-state index in [1.165, 1.54) is 6.07 Å². The van der Waals surface area contributed by atoms with Gasteiger partial charge in [-0.25, -0.2) is 0 Å². The monoisotopic (exact) mass is 323 g/mol. The van der Waals surface area contributed by atoms with Crippen LogP contribution in [0.1, 0.15) is 37.5 Å². The maximum Gasteiger partial charge on any atom is 0.416 e. The van der Waals surface area contributed by atoms with Gasteiger partial charge in [-0.1, -0.05) is 39.0 Å². The summed E-state index contributed by atoms with van der Waals surface area (Å²) in [5.41, 5.74) is 6.63. The lowest BCUT2D eigenvalue weighted by atomic mass is 9.85. The van der Waals surface area contributed by atoms with E-state index >= 15 is 0 Å². The van der Waals surface area contributed by atoms with Gasteiger partial charge in [-0.2, -0.15) is 13.2 Å². The minimum atomic E-state index is -4.42. The van der Waals surface area contributed by atoms with Gasteiger partial charge in [0.25, 0.3) is 0 Å². The van der Waals surface area contributed by atoms with Crippen LogP contribution in [-0.4, -0.2) is 0 Å². The lowest BCUT2D eigenvalue weighted by Gasteiger charge is -2.24. The first-order valence-electron chi connectivity index (χ1n) is 7.25. The topological polar surface area (TPSA) is 35.2 Å². The number of alkyl halides is 3. The van der Waals surface area contributed by atoms with E-state index in [1.807, 2.05) is 45.9 Å². The lowest BCUT2D eigenvalue weighted by molar-refractivity contribution is -0.137. The molecular weight excluding hydrogens is 303 g/mol. The Morgan fingerprint density at radius 1 is 1.00 bits per heavy atom. The fraction of sp³-hybridized carbons (Fsp3) is 0.333. The summed E-state index contributed by atoms with van der Waals surface area (Å²) < 4.78 is 44.0. The predicted octanol–water partition coefficient (Wildman–Crippen LogP) is 5.69. The van der Waals surface area contributed by atoms with E-state index in [1.54, 1.807) is 0 Å². The molecule has 2 aromatic rings. The smallest absolute Gasteiger partial charge is 0.416 e. The van der Waals surface area contributed by atoms with E-state index in [-0.39, 0.29) is 16.9 Å². The van der Waals surface area contributed by atoms with Crippen molar-refractivity contribution in [3.8, 4) is 11.5 Å². The van der Waals surface area contributed by atoms with Crippen LogP contribution in [0.2, 0.25) is 0 Å². The molecule has 0 atom stereocenters. The first-order chi connectivity index (χ1) is 10.5. The fourth-order valence-corrected chi connectivity index (χ4v) is 2.31. The number of hydrogen-bond acceptors (Lipinski definition) is 2. The van der Waals surface area contributed by atoms with Gasteiger partial charge in [0.2, 0.25) is 0 Å². The molecule has 124 valence electrons. The van der Waals surface area contributed by atoms with Crippen LogP contribution < -0.4 is 10.5 Å². The number of aryl methyl sites for hydroxylation is 1. The number of nitrogen functional groups attached to an aromatic ring is 1. The Morgan fingerprint density at radius 3 is 2.17 bits per heavy atom. The largest absolute Gasteiger partial charge is 0.455 e. The van der Waals surface area contributed by atoms with Crippen LogP contribution in [0.5, 0.6) is 11.5 Å². The molecule has 0 saturated carbocycles. The second kappa shape index (κ2) is 5.80. The Balaban J connectivity index is 2.45. The molecule has 2 nitrogen and oxygen atoms in total. The highest BCUT2D eigenvalue weighted by atomic mass is 19.4. The number of anilines is 1. The Morgan fingerprint density at radius 2 is 1.65 bits per heavy atom. The summed E-state index contributed by atoms with van der Waals surface area (Å²) in [6.45, 7) is 8.03. The van der Waals surface area contributed by atoms with Crippen molar-refractivity contribution < 1.29 is 17.9 Å². The lowest BCUT2D eigenvalue weighted by Crippen LogP contribution is -2.13. The second-order valence-corrected chi connectivity index (χ2v) is 6.55. The Labute approximate surface area is 134 Å². The van der Waals surface area contributed by atoms with E-state index in [2.05, 4.69) is 0 Å². The quantitative estimate of drug-likeness (QED) is 0.721. The molecule has 5 heteroatoms. The van der Waals surface area contributed by atoms with Crippen molar-refractivity contribution >= 4 is 5.69 Å². The third kappa shape index (κ3) is 3.78. The van der Waals surface area contributed by atoms with Crippen LogP contribution in [0, 0.1) is 6.92 Å². The zero-order chi connectivity index (χ0) is 17.4. The van der Waals surface area contributed by atoms with Crippen LogP contribution in [0.25, 0.3) is 0 Å². The van der Waals surface area contributed by atoms with E-state index in [9.17, 15) is 13.2 Å². The first kappa shape index (κ1) is 17.2. The highest BCUT2D eigenvalue weighted by molar-refractivity contribution is 5.58. The van der Waals surface area contributed by atoms with Gasteiger partial charge >= 0.3 is 6.18 Å². The molecule has 2 aromatic carbocycles. The fourth-order valence-electron chi connectivity index (χ4n) is 2.31. The minimum absolute atomic E-state index is 0.0389. The number of ether oxygens (including phenoxy) is 1. The molecule has 0 aliphatic carbocycles. The molecule has 23 heavy (non-hydrogen) atoms. The molecule has 0 aromatic heterocycles. The van der Waals surface area contributed by atoms with Gasteiger partial charge in [-0.15, -0.1) is 0 Å². The number of benzene rings is 2. The van der Waals surface area contributed by atoms with Crippen molar-refractivity contribution in [2.24, 2.45) is 0 Å². The van der Waals surface area contributed by atoms with Crippen molar-refractivity contribution in [1.29, 1.82) is 0 Å². The maximum absolute atomic E-state index is 12.7. The van der Waals surface area contributed by atoms with Crippen molar-refractivity contribution in [2.75, 3.05) is 5.73 Å². The van der Waals surface area contributed by atoms with Gasteiger partial charge in [0.1, 0.15) is 11.5 Å². The average Bonchev–Trinajstić information content (AvgIpc) is 2.40. The molecule has 0 saturated heterocycles. The van der Waals surface area contributed by atoms with E-state index < -0.39 is 11.7 Å². The summed E-state index contributed by atoms with van der Waals surface area (Å²) in [6, 6.07) is 8.90. The molecule has 0 bridgehead atoms. The molecule has 2 N–H and O–H groups in total. The van der Waals surface area contributed by atoms with Crippen molar-refractivity contribution in [2.45, 2.75) is 39.3 Å². The number of halogens is 3. The molecule has 0 spiro atoms. The van der Waals surface area contributed by atoms with Gasteiger partial charge in [0.05, 0.1) is 11.3 Å². The third-order valence-electron chi connectivity index (χ3n) is 3.57. The molecule has 0 heterocycles. The zero-order valence-corrected chi connectivity index (χ0v) is 13.6. The molecule has 0 aliphatic rings. The van der Waals surface area contributed by atoms with E-state index in [4.69, 9.17) is 10.5 Å². The highest BCUT2D eigenvalue weighted by Gasteiger charge is 2.31. The van der Waals surface area contributed by atoms with Crippen molar-refractivity contribution in [3.63, 3.8) is 0 Å². The van der Waals surface area contributed by atoms with Crippen LogP contribution in [0.3, 0.4) is 0 Å². The summed E-state index contributed by atoms with van der Waals surface area (Å²) in [4.78, 5) is 0. The van der Waals surface area contributed by atoms with Gasteiger partial charge in [-0.3, -0.25) is 0 Å². The Bertz CT molecular complexity index is 715. The standard InChI is InChI=1S/C18H20F3NO/c1-11-6-5-7-13(17(2,3)4)16(11)23-15-9-8-12(10-14(15)22)18(19,20)21/h5-10H,22H2,1-4H3. The number of hydrogen-bond donors (Lipinski definition) is 1. The van der Waals surface area contributed by atoms with Gasteiger partial charge in [0.15, 0.2) is 0 Å². The Kier molecular flexibility index (Phi) is 4.33. The van der Waals surface area contributed by atoms with E-state index in [0.29, 0.717) is 5.75 Å². The van der Waals surface area contributed by atoms with Gasteiger partial charge in [-0.05, 0) is 36.1 Å². The van der Waals surface area contributed by atoms with E-state index in [0.717, 1.165) is 23.3 Å². The van der Waals surface area contributed by atoms with Crippen molar-refractivity contribution in [3.05, 3.63) is 53.1 Å². The number of rotatable bonds is 2. The third-order valence-corrected chi connectivity index (χ3v) is 3.57. The average molecular weight is 323 g/mol. The molecule has 0 radical (unpaired) electrons.